The van der Waals surface area contributed by atoms with Gasteiger partial charge in [-0.15, -0.1) is 10.2 Å². The molecule has 0 aliphatic carbocycles. The number of carboxylic acids is 1. The highest BCUT2D eigenvalue weighted by Gasteiger charge is 2.14. The van der Waals surface area contributed by atoms with E-state index in [2.05, 4.69) is 10.2 Å². The highest BCUT2D eigenvalue weighted by Crippen LogP contribution is 2.34. The van der Waals surface area contributed by atoms with E-state index >= 15 is 0 Å². The monoisotopic (exact) mass is 479 g/mol. The molecule has 0 unspecified atom stereocenters. The summed E-state index contributed by atoms with van der Waals surface area (Å²) in [5.41, 5.74) is 3.31. The third-order valence-electron chi connectivity index (χ3n) is 4.82. The summed E-state index contributed by atoms with van der Waals surface area (Å²) in [6.07, 6.45) is 0. The number of carbonyl (C=O) groups is 1. The SMILES string of the molecule is Cc1nnc(-c2cccc(-c3cc(CN(C)Sc4ccc(F)cc4)ccc3OCC(=O)O)c2)o1. The Labute approximate surface area is 200 Å². The zero-order chi connectivity index (χ0) is 24.1. The van der Waals surface area contributed by atoms with Crippen LogP contribution in [0.15, 0.2) is 76.0 Å². The zero-order valence-corrected chi connectivity index (χ0v) is 19.4. The standard InChI is InChI=1S/C25H22FN3O4S/c1-16-27-28-25(33-16)19-5-3-4-18(13-19)22-12-17(6-11-23(22)32-15-24(30)31)14-29(2)34-21-9-7-20(26)8-10-21/h3-13H,14-15H2,1-2H3,(H,30,31). The summed E-state index contributed by atoms with van der Waals surface area (Å²) >= 11 is 1.50. The van der Waals surface area contributed by atoms with E-state index < -0.39 is 12.6 Å². The molecule has 0 radical (unpaired) electrons. The molecule has 34 heavy (non-hydrogen) atoms. The van der Waals surface area contributed by atoms with Gasteiger partial charge in [0.15, 0.2) is 6.61 Å². The fraction of sp³-hybridized carbons (Fsp3) is 0.160. The van der Waals surface area contributed by atoms with E-state index in [1.165, 1.54) is 24.1 Å². The molecule has 0 fully saturated rings. The molecule has 174 valence electrons. The average Bonchev–Trinajstić information content (AvgIpc) is 3.26. The average molecular weight is 480 g/mol. The molecule has 3 aromatic carbocycles. The number of aromatic nitrogens is 2. The minimum Gasteiger partial charge on any atom is -0.481 e. The lowest BCUT2D eigenvalue weighted by atomic mass is 9.99. The molecule has 0 spiro atoms. The Kier molecular flexibility index (Phi) is 7.24. The van der Waals surface area contributed by atoms with E-state index in [-0.39, 0.29) is 5.82 Å². The van der Waals surface area contributed by atoms with Gasteiger partial charge in [-0.25, -0.2) is 13.5 Å². The van der Waals surface area contributed by atoms with Crippen LogP contribution in [0.5, 0.6) is 5.75 Å². The molecule has 1 heterocycles. The molecular weight excluding hydrogens is 457 g/mol. The summed E-state index contributed by atoms with van der Waals surface area (Å²) in [5, 5.41) is 17.0. The van der Waals surface area contributed by atoms with Crippen LogP contribution in [-0.2, 0) is 11.3 Å². The number of ether oxygens (including phenoxy) is 1. The molecule has 0 aliphatic rings. The Morgan fingerprint density at radius 1 is 1.09 bits per heavy atom. The molecule has 9 heteroatoms. The molecule has 0 bridgehead atoms. The van der Waals surface area contributed by atoms with Crippen molar-refractivity contribution in [3.05, 3.63) is 84.0 Å². The molecule has 0 saturated heterocycles. The summed E-state index contributed by atoms with van der Waals surface area (Å²) in [5.74, 6) is -0.000535. The van der Waals surface area contributed by atoms with Crippen LogP contribution in [0.3, 0.4) is 0 Å². The molecule has 4 aromatic rings. The summed E-state index contributed by atoms with van der Waals surface area (Å²) in [4.78, 5) is 12.0. The van der Waals surface area contributed by atoms with Crippen molar-refractivity contribution in [3.63, 3.8) is 0 Å². The van der Waals surface area contributed by atoms with Crippen LogP contribution in [0.25, 0.3) is 22.6 Å². The smallest absolute Gasteiger partial charge is 0.341 e. The van der Waals surface area contributed by atoms with Crippen molar-refractivity contribution in [1.29, 1.82) is 0 Å². The van der Waals surface area contributed by atoms with Crippen LogP contribution in [0.1, 0.15) is 11.5 Å². The normalized spacial score (nSPS) is 11.1. The van der Waals surface area contributed by atoms with Gasteiger partial charge in [0, 0.05) is 29.5 Å². The first-order chi connectivity index (χ1) is 16.4. The van der Waals surface area contributed by atoms with Gasteiger partial charge in [-0.3, -0.25) is 0 Å². The van der Waals surface area contributed by atoms with Gasteiger partial charge in [0.05, 0.1) is 0 Å². The molecule has 0 atom stereocenters. The number of hydrogen-bond acceptors (Lipinski definition) is 7. The van der Waals surface area contributed by atoms with Crippen LogP contribution in [-0.4, -0.2) is 39.2 Å². The summed E-state index contributed by atoms with van der Waals surface area (Å²) in [6, 6.07) is 19.5. The Balaban J connectivity index is 1.62. The maximum atomic E-state index is 13.2. The van der Waals surface area contributed by atoms with E-state index in [0.29, 0.717) is 24.1 Å². The number of halogens is 1. The van der Waals surface area contributed by atoms with Gasteiger partial charge in [0.1, 0.15) is 11.6 Å². The van der Waals surface area contributed by atoms with Gasteiger partial charge >= 0.3 is 5.97 Å². The first kappa shape index (κ1) is 23.5. The van der Waals surface area contributed by atoms with Crippen molar-refractivity contribution < 1.29 is 23.4 Å². The number of hydrogen-bond donors (Lipinski definition) is 1. The molecule has 4 rings (SSSR count). The first-order valence-electron chi connectivity index (χ1n) is 10.4. The predicted molar refractivity (Wildman–Crippen MR) is 127 cm³/mol. The Bertz CT molecular complexity index is 1290. The number of benzene rings is 3. The number of rotatable bonds is 9. The summed E-state index contributed by atoms with van der Waals surface area (Å²) in [7, 11) is 1.95. The lowest BCUT2D eigenvalue weighted by Gasteiger charge is -2.18. The van der Waals surface area contributed by atoms with Gasteiger partial charge in [-0.1, -0.05) is 18.2 Å². The maximum absolute atomic E-state index is 13.2. The highest BCUT2D eigenvalue weighted by molar-refractivity contribution is 7.97. The van der Waals surface area contributed by atoms with Gasteiger partial charge in [-0.05, 0) is 78.7 Å². The van der Waals surface area contributed by atoms with Crippen molar-refractivity contribution in [3.8, 4) is 28.3 Å². The van der Waals surface area contributed by atoms with Crippen LogP contribution < -0.4 is 4.74 Å². The van der Waals surface area contributed by atoms with E-state index in [0.717, 1.165) is 27.1 Å². The third-order valence-corrected chi connectivity index (χ3v) is 5.75. The lowest BCUT2D eigenvalue weighted by molar-refractivity contribution is -0.139. The van der Waals surface area contributed by atoms with Crippen molar-refractivity contribution in [2.45, 2.75) is 18.4 Å². The number of aliphatic carboxylic acids is 1. The van der Waals surface area contributed by atoms with Gasteiger partial charge in [0.2, 0.25) is 11.8 Å². The van der Waals surface area contributed by atoms with Crippen molar-refractivity contribution in [2.24, 2.45) is 0 Å². The second kappa shape index (κ2) is 10.5. The van der Waals surface area contributed by atoms with Crippen molar-refractivity contribution >= 4 is 17.9 Å². The molecule has 7 nitrogen and oxygen atoms in total. The quantitative estimate of drug-likeness (QED) is 0.317. The van der Waals surface area contributed by atoms with Crippen LogP contribution >= 0.6 is 11.9 Å². The summed E-state index contributed by atoms with van der Waals surface area (Å²) < 4.78 is 26.3. The molecule has 1 aromatic heterocycles. The second-order valence-corrected chi connectivity index (χ2v) is 8.83. The van der Waals surface area contributed by atoms with E-state index in [1.54, 1.807) is 25.1 Å². The number of nitrogens with zero attached hydrogens (tertiary/aromatic N) is 3. The van der Waals surface area contributed by atoms with Gasteiger partial charge in [-0.2, -0.15) is 0 Å². The lowest BCUT2D eigenvalue weighted by Crippen LogP contribution is -2.11. The third kappa shape index (κ3) is 6.00. The van der Waals surface area contributed by atoms with Gasteiger partial charge < -0.3 is 14.3 Å². The van der Waals surface area contributed by atoms with E-state index in [4.69, 9.17) is 14.3 Å². The zero-order valence-electron chi connectivity index (χ0n) is 18.6. The minimum atomic E-state index is -1.06. The molecule has 0 aliphatic heterocycles. The van der Waals surface area contributed by atoms with Gasteiger partial charge in [0.25, 0.3) is 0 Å². The fourth-order valence-corrected chi connectivity index (χ4v) is 4.20. The topological polar surface area (TPSA) is 88.7 Å². The Hall–Kier alpha value is -3.69. The summed E-state index contributed by atoms with van der Waals surface area (Å²) in [6.45, 7) is 1.87. The van der Waals surface area contributed by atoms with Crippen molar-refractivity contribution in [1.82, 2.24) is 14.5 Å². The Morgan fingerprint density at radius 2 is 1.85 bits per heavy atom. The first-order valence-corrected chi connectivity index (χ1v) is 11.2. The molecule has 1 N–H and O–H groups in total. The van der Waals surface area contributed by atoms with Crippen LogP contribution in [0.4, 0.5) is 4.39 Å². The second-order valence-electron chi connectivity index (χ2n) is 7.55. The largest absolute Gasteiger partial charge is 0.481 e. The maximum Gasteiger partial charge on any atom is 0.341 e. The predicted octanol–water partition coefficient (Wildman–Crippen LogP) is 5.45. The van der Waals surface area contributed by atoms with E-state index in [1.807, 2.05) is 47.8 Å². The number of aryl methyl sites for hydroxylation is 1. The fourth-order valence-electron chi connectivity index (χ4n) is 3.36. The molecular formula is C25H22FN3O4S. The molecule has 0 amide bonds. The van der Waals surface area contributed by atoms with Crippen molar-refractivity contribution in [2.75, 3.05) is 13.7 Å². The minimum absolute atomic E-state index is 0.272. The molecule has 0 saturated carbocycles. The van der Waals surface area contributed by atoms with Crippen LogP contribution in [0, 0.1) is 12.7 Å². The Morgan fingerprint density at radius 3 is 2.56 bits per heavy atom. The van der Waals surface area contributed by atoms with Crippen LogP contribution in [0.2, 0.25) is 0 Å². The highest BCUT2D eigenvalue weighted by atomic mass is 32.2. The number of carboxylic acid groups (broad SMARTS) is 1. The van der Waals surface area contributed by atoms with E-state index in [9.17, 15) is 9.18 Å².